The smallest absolute Gasteiger partial charge is 0.175 e. The molecular formula is C6H9N3S. The van der Waals surface area contributed by atoms with Gasteiger partial charge < -0.3 is 15.7 Å². The molecule has 0 aliphatic carbocycles. The second-order valence-electron chi connectivity index (χ2n) is 1.91. The highest BCUT2D eigenvalue weighted by molar-refractivity contribution is 7.71. The van der Waals surface area contributed by atoms with Gasteiger partial charge in [0.05, 0.1) is 10.7 Å². The number of aromatic amines is 2. The number of aromatic nitrogens is 2. The number of H-pyrrole nitrogens is 2. The second kappa shape index (κ2) is 2.81. The molecule has 10 heavy (non-hydrogen) atoms. The molecule has 0 fully saturated rings. The first kappa shape index (κ1) is 7.24. The average molecular weight is 155 g/mol. The van der Waals surface area contributed by atoms with Gasteiger partial charge in [-0.25, -0.2) is 0 Å². The fourth-order valence-electron chi connectivity index (χ4n) is 0.725. The summed E-state index contributed by atoms with van der Waals surface area (Å²) in [5.74, 6) is 0. The minimum atomic E-state index is 0.492. The minimum absolute atomic E-state index is 0.492. The molecule has 0 saturated carbocycles. The van der Waals surface area contributed by atoms with Crippen LogP contribution >= 0.6 is 12.2 Å². The number of hydrogen-bond donors (Lipinski definition) is 3. The number of rotatable bonds is 1. The lowest BCUT2D eigenvalue weighted by molar-refractivity contribution is 1.23. The first-order valence-electron chi connectivity index (χ1n) is 2.91. The Morgan fingerprint density at radius 2 is 2.30 bits per heavy atom. The molecule has 1 rings (SSSR count). The Hall–Kier alpha value is -0.870. The Bertz CT molecular complexity index is 359. The van der Waals surface area contributed by atoms with Crippen LogP contribution in [0.5, 0.6) is 0 Å². The van der Waals surface area contributed by atoms with Gasteiger partial charge in [-0.2, -0.15) is 0 Å². The molecule has 1 heterocycles. The van der Waals surface area contributed by atoms with E-state index in [1.165, 1.54) is 0 Å². The summed E-state index contributed by atoms with van der Waals surface area (Å²) < 4.78 is 0.588. The number of nitrogens with one attached hydrogen (secondary N) is 2. The number of imidazole rings is 1. The summed E-state index contributed by atoms with van der Waals surface area (Å²) in [6.45, 7) is 4.21. The van der Waals surface area contributed by atoms with Gasteiger partial charge in [0.15, 0.2) is 4.77 Å². The summed E-state index contributed by atoms with van der Waals surface area (Å²) in [6.07, 6.45) is 1.83. The van der Waals surface area contributed by atoms with Crippen LogP contribution in [0, 0.1) is 4.77 Å². The molecule has 0 amide bonds. The Balaban J connectivity index is 3.43. The van der Waals surface area contributed by atoms with Crippen LogP contribution < -0.4 is 16.4 Å². The SMILES string of the molecule is C=c1[nH]c(=S)[nH]c1=CCN. The Morgan fingerprint density at radius 3 is 2.70 bits per heavy atom. The monoisotopic (exact) mass is 155 g/mol. The van der Waals surface area contributed by atoms with Gasteiger partial charge in [0, 0.05) is 6.54 Å². The fraction of sp³-hybridized carbons (Fsp3) is 0.167. The second-order valence-corrected chi connectivity index (χ2v) is 2.32. The van der Waals surface area contributed by atoms with Gasteiger partial charge in [0.2, 0.25) is 0 Å². The van der Waals surface area contributed by atoms with E-state index in [1.54, 1.807) is 0 Å². The Morgan fingerprint density at radius 1 is 1.60 bits per heavy atom. The quantitative estimate of drug-likeness (QED) is 0.466. The zero-order valence-corrected chi connectivity index (χ0v) is 6.29. The van der Waals surface area contributed by atoms with Gasteiger partial charge in [-0.15, -0.1) is 0 Å². The van der Waals surface area contributed by atoms with Crippen LogP contribution in [0.4, 0.5) is 0 Å². The maximum Gasteiger partial charge on any atom is 0.175 e. The molecule has 0 spiro atoms. The molecule has 54 valence electrons. The van der Waals surface area contributed by atoms with Gasteiger partial charge in [0.1, 0.15) is 0 Å². The molecule has 0 aromatic carbocycles. The number of nitrogens with two attached hydrogens (primary N) is 1. The van der Waals surface area contributed by atoms with E-state index in [0.29, 0.717) is 11.3 Å². The van der Waals surface area contributed by atoms with Crippen LogP contribution in [-0.4, -0.2) is 16.5 Å². The van der Waals surface area contributed by atoms with Crippen molar-refractivity contribution in [3.8, 4) is 0 Å². The molecule has 0 unspecified atom stereocenters. The molecule has 3 nitrogen and oxygen atoms in total. The van der Waals surface area contributed by atoms with E-state index < -0.39 is 0 Å². The van der Waals surface area contributed by atoms with E-state index >= 15 is 0 Å². The first-order chi connectivity index (χ1) is 4.74. The predicted molar refractivity (Wildman–Crippen MR) is 44.3 cm³/mol. The van der Waals surface area contributed by atoms with Crippen molar-refractivity contribution in [1.82, 2.24) is 9.97 Å². The van der Waals surface area contributed by atoms with Crippen LogP contribution in [0.25, 0.3) is 12.7 Å². The summed E-state index contributed by atoms with van der Waals surface area (Å²) in [6, 6.07) is 0. The van der Waals surface area contributed by atoms with Crippen LogP contribution in [0.3, 0.4) is 0 Å². The Kier molecular flexibility index (Phi) is 2.03. The normalized spacial score (nSPS) is 12.3. The van der Waals surface area contributed by atoms with E-state index in [0.717, 1.165) is 10.7 Å². The Labute approximate surface area is 63.3 Å². The fourth-order valence-corrected chi connectivity index (χ4v) is 0.959. The standard InChI is InChI=1S/C6H9N3S/c1-4-5(2-3-7)9-6(10)8-4/h2H,1,3,7H2,(H2,8,9,10). The van der Waals surface area contributed by atoms with Crippen molar-refractivity contribution in [3.63, 3.8) is 0 Å². The van der Waals surface area contributed by atoms with Crippen LogP contribution in [0.2, 0.25) is 0 Å². The maximum absolute atomic E-state index is 5.29. The third-order valence-electron chi connectivity index (χ3n) is 1.16. The van der Waals surface area contributed by atoms with Crippen molar-refractivity contribution in [2.75, 3.05) is 6.54 Å². The molecule has 0 radical (unpaired) electrons. The van der Waals surface area contributed by atoms with Crippen LogP contribution in [0.15, 0.2) is 0 Å². The largest absolute Gasteiger partial charge is 0.331 e. The highest BCUT2D eigenvalue weighted by Gasteiger charge is 1.82. The molecule has 0 aliphatic rings. The lowest BCUT2D eigenvalue weighted by atomic mass is 10.5. The summed E-state index contributed by atoms with van der Waals surface area (Å²) in [4.78, 5) is 5.76. The van der Waals surface area contributed by atoms with Crippen molar-refractivity contribution in [2.45, 2.75) is 0 Å². The van der Waals surface area contributed by atoms with E-state index in [-0.39, 0.29) is 0 Å². The van der Waals surface area contributed by atoms with E-state index in [4.69, 9.17) is 18.0 Å². The third-order valence-corrected chi connectivity index (χ3v) is 1.36. The molecular weight excluding hydrogens is 146 g/mol. The summed E-state index contributed by atoms with van der Waals surface area (Å²) in [5.41, 5.74) is 5.29. The summed E-state index contributed by atoms with van der Waals surface area (Å²) in [5, 5.41) is 1.67. The zero-order chi connectivity index (χ0) is 7.56. The minimum Gasteiger partial charge on any atom is -0.331 e. The van der Waals surface area contributed by atoms with E-state index in [2.05, 4.69) is 16.5 Å². The number of hydrogen-bond acceptors (Lipinski definition) is 2. The topological polar surface area (TPSA) is 57.6 Å². The van der Waals surface area contributed by atoms with Crippen molar-refractivity contribution >= 4 is 24.9 Å². The molecule has 0 bridgehead atoms. The van der Waals surface area contributed by atoms with Gasteiger partial charge >= 0.3 is 0 Å². The van der Waals surface area contributed by atoms with Crippen LogP contribution in [0.1, 0.15) is 0 Å². The molecule has 0 aliphatic heterocycles. The van der Waals surface area contributed by atoms with Crippen molar-refractivity contribution < 1.29 is 0 Å². The van der Waals surface area contributed by atoms with Crippen LogP contribution in [-0.2, 0) is 0 Å². The average Bonchev–Trinajstić information content (AvgIpc) is 2.13. The van der Waals surface area contributed by atoms with Gasteiger partial charge in [-0.3, -0.25) is 0 Å². The molecule has 1 aromatic rings. The molecule has 4 heteroatoms. The van der Waals surface area contributed by atoms with Crippen molar-refractivity contribution in [1.29, 1.82) is 0 Å². The lowest BCUT2D eigenvalue weighted by Gasteiger charge is -1.74. The van der Waals surface area contributed by atoms with Gasteiger partial charge in [-0.05, 0) is 18.3 Å². The molecule has 0 saturated heterocycles. The van der Waals surface area contributed by atoms with Crippen molar-refractivity contribution in [2.24, 2.45) is 5.73 Å². The highest BCUT2D eigenvalue weighted by Crippen LogP contribution is 1.62. The molecule has 1 aromatic heterocycles. The van der Waals surface area contributed by atoms with Gasteiger partial charge in [-0.1, -0.05) is 6.58 Å². The third kappa shape index (κ3) is 1.34. The van der Waals surface area contributed by atoms with E-state index in [1.807, 2.05) is 6.08 Å². The predicted octanol–water partition coefficient (Wildman–Crippen LogP) is -0.778. The lowest BCUT2D eigenvalue weighted by Crippen LogP contribution is -2.23. The van der Waals surface area contributed by atoms with Crippen molar-refractivity contribution in [3.05, 3.63) is 15.5 Å². The van der Waals surface area contributed by atoms with E-state index in [9.17, 15) is 0 Å². The zero-order valence-electron chi connectivity index (χ0n) is 5.48. The van der Waals surface area contributed by atoms with Gasteiger partial charge in [0.25, 0.3) is 0 Å². The summed E-state index contributed by atoms with van der Waals surface area (Å²) in [7, 11) is 0. The summed E-state index contributed by atoms with van der Waals surface area (Å²) >= 11 is 4.82. The molecule has 0 atom stereocenters. The highest BCUT2D eigenvalue weighted by atomic mass is 32.1. The first-order valence-corrected chi connectivity index (χ1v) is 3.32. The molecule has 4 N–H and O–H groups in total. The maximum atomic E-state index is 5.29.